The van der Waals surface area contributed by atoms with E-state index in [4.69, 9.17) is 23.7 Å². The Labute approximate surface area is 296 Å². The van der Waals surface area contributed by atoms with Crippen LogP contribution >= 0.6 is 0 Å². The van der Waals surface area contributed by atoms with Gasteiger partial charge in [-0.3, -0.25) is 4.79 Å². The highest BCUT2D eigenvalue weighted by molar-refractivity contribution is 6.06. The van der Waals surface area contributed by atoms with Gasteiger partial charge in [-0.25, -0.2) is 0 Å². The van der Waals surface area contributed by atoms with Crippen LogP contribution in [0.3, 0.4) is 0 Å². The Balaban J connectivity index is 1.07. The van der Waals surface area contributed by atoms with Gasteiger partial charge in [-0.2, -0.15) is 0 Å². The molecular weight excluding hydrogens is 630 g/mol. The van der Waals surface area contributed by atoms with Crippen molar-refractivity contribution in [2.75, 3.05) is 0 Å². The summed E-state index contributed by atoms with van der Waals surface area (Å²) in [5.74, 6) is 0.568. The Bertz CT molecular complexity index is 1900. The summed E-state index contributed by atoms with van der Waals surface area (Å²) in [5.41, 5.74) is 2.69. The Morgan fingerprint density at radius 2 is 1.64 bits per heavy atom. The summed E-state index contributed by atoms with van der Waals surface area (Å²) in [6.45, 7) is 21.5. The third kappa shape index (κ3) is 3.54. The number of aliphatic hydroxyl groups is 1. The maximum absolute atomic E-state index is 14.3. The molecule has 4 aliphatic carbocycles. The summed E-state index contributed by atoms with van der Waals surface area (Å²) in [4.78, 5) is 18.2. The van der Waals surface area contributed by atoms with E-state index in [0.717, 1.165) is 48.8 Å². The minimum Gasteiger partial charge on any atom is -0.386 e. The highest BCUT2D eigenvalue weighted by Gasteiger charge is 2.87. The molecular formula is C42H55NO7. The third-order valence-electron chi connectivity index (χ3n) is 15.9. The molecule has 2 aromatic rings. The van der Waals surface area contributed by atoms with Crippen LogP contribution in [0.25, 0.3) is 10.9 Å². The van der Waals surface area contributed by atoms with Crippen molar-refractivity contribution in [3.05, 3.63) is 46.2 Å². The number of rotatable bonds is 1. The number of ketones is 1. The van der Waals surface area contributed by atoms with E-state index in [2.05, 4.69) is 86.4 Å². The number of carbonyl (C=O) groups is 1. The molecule has 8 nitrogen and oxygen atoms in total. The van der Waals surface area contributed by atoms with Gasteiger partial charge in [0.2, 0.25) is 0 Å². The van der Waals surface area contributed by atoms with Crippen molar-refractivity contribution in [2.45, 2.75) is 172 Å². The second-order valence-electron chi connectivity index (χ2n) is 19.6. The van der Waals surface area contributed by atoms with Crippen LogP contribution in [0.2, 0.25) is 0 Å². The van der Waals surface area contributed by atoms with Crippen molar-refractivity contribution >= 4 is 16.7 Å². The molecule has 4 aliphatic heterocycles. The molecule has 1 aromatic carbocycles. The van der Waals surface area contributed by atoms with Gasteiger partial charge in [0.1, 0.15) is 23.9 Å². The number of allylic oxidation sites excluding steroid dienone is 1. The fourth-order valence-electron chi connectivity index (χ4n) is 13.6. The van der Waals surface area contributed by atoms with Crippen LogP contribution in [0.15, 0.2) is 23.8 Å². The summed E-state index contributed by atoms with van der Waals surface area (Å²) in [6, 6.07) is 4.19. The monoisotopic (exact) mass is 685 g/mol. The predicted octanol–water partition coefficient (Wildman–Crippen LogP) is 6.87. The molecule has 6 fully saturated rings. The first kappa shape index (κ1) is 32.6. The first-order valence-electron chi connectivity index (χ1n) is 19.3. The van der Waals surface area contributed by atoms with Crippen molar-refractivity contribution < 1.29 is 33.6 Å². The van der Waals surface area contributed by atoms with Gasteiger partial charge in [0, 0.05) is 38.9 Å². The number of aromatic nitrogens is 1. The van der Waals surface area contributed by atoms with E-state index in [1.165, 1.54) is 22.2 Å². The fraction of sp³-hybridized carbons (Fsp3) is 0.738. The van der Waals surface area contributed by atoms with Gasteiger partial charge in [0.15, 0.2) is 17.7 Å². The standard InChI is InChI=1S/C42H55NO7/c1-20(2)17-28-47-32-34(38(7,8)48-28)46-27-14-15-39(9)40(10)21(13-16-41(39,45)42(27)35(32)49-42)18-24-29-23-19-25-30(37(5,6)50-36(25,3)4)31(44)22(23)11-12-26(29)43-33(24)40/h11-12,17,21,25,27-28,30,32,34-35,43,45H,13-16,18-19H2,1-10H3/t21-,25-,27-,28-,30-,32+,34-,35-,39+,40+,41-,42-/m0/s1. The van der Waals surface area contributed by atoms with Gasteiger partial charge < -0.3 is 33.8 Å². The number of nitrogens with one attached hydrogen (secondary N) is 1. The number of hydrogen-bond acceptors (Lipinski definition) is 7. The number of fused-ring (bicyclic) bond motifs is 12. The average Bonchev–Trinajstić information content (AvgIpc) is 3.51. The Morgan fingerprint density at radius 3 is 2.38 bits per heavy atom. The lowest BCUT2D eigenvalue weighted by Crippen LogP contribution is -2.77. The molecule has 0 unspecified atom stereocenters. The third-order valence-corrected chi connectivity index (χ3v) is 15.9. The maximum atomic E-state index is 14.3. The second-order valence-corrected chi connectivity index (χ2v) is 19.6. The zero-order valence-electron chi connectivity index (χ0n) is 31.5. The van der Waals surface area contributed by atoms with Gasteiger partial charge in [0.25, 0.3) is 0 Å². The molecule has 8 heteroatoms. The van der Waals surface area contributed by atoms with Gasteiger partial charge in [-0.05, 0) is 129 Å². The number of Topliss-reactive ketones (excluding diaryl/α,β-unsaturated/α-hetero) is 1. The van der Waals surface area contributed by atoms with Crippen molar-refractivity contribution in [2.24, 2.45) is 23.2 Å². The SMILES string of the molecule is CC(C)=C[C@H]1O[C@@H]2[C@H](O[C@H]3CC[C@@]4(C)[C@@](O)(CC[C@H]5Cc6c([nH]c7ccc8c(c67)C[C@H]6[C@@H](C8=O)C(C)(C)OC6(C)C)[C@@]54C)[C@]34O[C@@H]24)C(C)(C)O1. The molecule has 0 bridgehead atoms. The average molecular weight is 686 g/mol. The van der Waals surface area contributed by atoms with Crippen LogP contribution in [0, 0.1) is 23.2 Å². The highest BCUT2D eigenvalue weighted by Crippen LogP contribution is 2.75. The molecule has 10 rings (SSSR count). The van der Waals surface area contributed by atoms with Crippen molar-refractivity contribution in [1.29, 1.82) is 0 Å². The van der Waals surface area contributed by atoms with E-state index in [-0.39, 0.29) is 53.1 Å². The first-order valence-corrected chi connectivity index (χ1v) is 19.3. The summed E-state index contributed by atoms with van der Waals surface area (Å²) in [6.07, 6.45) is 5.41. The van der Waals surface area contributed by atoms with Crippen molar-refractivity contribution in [1.82, 2.24) is 4.98 Å². The number of ether oxygens (including phenoxy) is 5. The quantitative estimate of drug-likeness (QED) is 0.250. The van der Waals surface area contributed by atoms with E-state index in [0.29, 0.717) is 12.3 Å². The second kappa shape index (κ2) is 9.34. The molecule has 12 atom stereocenters. The van der Waals surface area contributed by atoms with Crippen LogP contribution in [0.1, 0.15) is 122 Å². The van der Waals surface area contributed by atoms with Crippen LogP contribution in [-0.2, 0) is 41.9 Å². The van der Waals surface area contributed by atoms with Crippen molar-refractivity contribution in [3.8, 4) is 0 Å². The summed E-state index contributed by atoms with van der Waals surface area (Å²) >= 11 is 0. The largest absolute Gasteiger partial charge is 0.386 e. The molecule has 2 N–H and O–H groups in total. The minimum atomic E-state index is -1.11. The Kier molecular flexibility index (Phi) is 6.09. The van der Waals surface area contributed by atoms with Gasteiger partial charge >= 0.3 is 0 Å². The normalized spacial score (nSPS) is 48.3. The lowest BCUT2D eigenvalue weighted by atomic mass is 9.40. The minimum absolute atomic E-state index is 0.123. The number of aromatic amines is 1. The maximum Gasteiger partial charge on any atom is 0.178 e. The van der Waals surface area contributed by atoms with E-state index in [1.807, 2.05) is 6.08 Å². The predicted molar refractivity (Wildman–Crippen MR) is 188 cm³/mol. The van der Waals surface area contributed by atoms with E-state index >= 15 is 0 Å². The zero-order chi connectivity index (χ0) is 35.3. The molecule has 50 heavy (non-hydrogen) atoms. The van der Waals surface area contributed by atoms with Crippen LogP contribution < -0.4 is 0 Å². The first-order chi connectivity index (χ1) is 23.3. The number of epoxide rings is 1. The molecule has 1 aromatic heterocycles. The van der Waals surface area contributed by atoms with Gasteiger partial charge in [-0.1, -0.05) is 19.4 Å². The smallest absolute Gasteiger partial charge is 0.178 e. The lowest BCUT2D eigenvalue weighted by Gasteiger charge is -2.66. The highest BCUT2D eigenvalue weighted by atomic mass is 16.8. The summed E-state index contributed by atoms with van der Waals surface area (Å²) in [7, 11) is 0. The van der Waals surface area contributed by atoms with E-state index < -0.39 is 34.1 Å². The Hall–Kier alpha value is -2.07. The molecule has 0 amide bonds. The molecule has 0 radical (unpaired) electrons. The molecule has 8 aliphatic rings. The molecule has 2 saturated carbocycles. The summed E-state index contributed by atoms with van der Waals surface area (Å²) in [5, 5.41) is 14.7. The Morgan fingerprint density at radius 1 is 0.880 bits per heavy atom. The van der Waals surface area contributed by atoms with Crippen molar-refractivity contribution in [3.63, 3.8) is 0 Å². The molecule has 1 spiro atoms. The molecule has 5 heterocycles. The topological polar surface area (TPSA) is 103 Å². The number of H-pyrrole nitrogens is 1. The molecule has 270 valence electrons. The van der Waals surface area contributed by atoms with E-state index in [9.17, 15) is 9.90 Å². The zero-order valence-corrected chi connectivity index (χ0v) is 31.5. The molecule has 4 saturated heterocycles. The van der Waals surface area contributed by atoms with Crippen LogP contribution in [-0.4, -0.2) is 74.6 Å². The number of carbonyl (C=O) groups excluding carboxylic acids is 1. The number of hydrogen-bond donors (Lipinski definition) is 2. The summed E-state index contributed by atoms with van der Waals surface area (Å²) < 4.78 is 33.4. The van der Waals surface area contributed by atoms with Crippen LogP contribution in [0.5, 0.6) is 0 Å². The van der Waals surface area contributed by atoms with Gasteiger partial charge in [0.05, 0.1) is 28.8 Å². The van der Waals surface area contributed by atoms with E-state index in [1.54, 1.807) is 0 Å². The lowest BCUT2D eigenvalue weighted by molar-refractivity contribution is -0.343. The number of benzene rings is 1. The van der Waals surface area contributed by atoms with Crippen LogP contribution in [0.4, 0.5) is 0 Å². The van der Waals surface area contributed by atoms with Gasteiger partial charge in [-0.15, -0.1) is 0 Å². The fourth-order valence-corrected chi connectivity index (χ4v) is 13.6.